The van der Waals surface area contributed by atoms with Crippen LogP contribution in [0, 0.1) is 0 Å². The van der Waals surface area contributed by atoms with E-state index in [0.29, 0.717) is 34.2 Å². The van der Waals surface area contributed by atoms with Gasteiger partial charge in [-0.1, -0.05) is 127 Å². The highest BCUT2D eigenvalue weighted by Crippen LogP contribution is 2.49. The average molecular weight is 689 g/mol. The van der Waals surface area contributed by atoms with E-state index in [9.17, 15) is 8.42 Å². The minimum atomic E-state index is -3.83. The van der Waals surface area contributed by atoms with Crippen LogP contribution in [0.3, 0.4) is 0 Å². The van der Waals surface area contributed by atoms with Crippen molar-refractivity contribution in [2.45, 2.75) is 9.79 Å². The lowest BCUT2D eigenvalue weighted by atomic mass is 9.96. The van der Waals surface area contributed by atoms with Crippen LogP contribution in [-0.4, -0.2) is 27.9 Å². The maximum Gasteiger partial charge on any atom is 0.207 e. The molecule has 1 aliphatic heterocycles. The standard InChI is InChI=1S/C45H28N4O2S/c50-52(51)40-22-12-20-36(45-47-43(29-13-4-1-5-14-29)46-44(48-45)30-15-6-2-7-16-30)42(40)35-25-23-32(28-41(35)52)31-24-26-39-37(27-31)34-19-10-11-21-38(34)49(39)33-17-8-3-9-18-33/h1-28H. The van der Waals surface area contributed by atoms with Crippen LogP contribution in [0.15, 0.2) is 180 Å². The Morgan fingerprint density at radius 3 is 1.69 bits per heavy atom. The molecule has 0 spiro atoms. The monoisotopic (exact) mass is 688 g/mol. The molecule has 0 fully saturated rings. The molecule has 0 bridgehead atoms. The number of hydrogen-bond acceptors (Lipinski definition) is 5. The Morgan fingerprint density at radius 2 is 0.981 bits per heavy atom. The molecule has 1 aliphatic rings. The van der Waals surface area contributed by atoms with Gasteiger partial charge in [0.1, 0.15) is 0 Å². The lowest BCUT2D eigenvalue weighted by molar-refractivity contribution is 0.598. The molecule has 52 heavy (non-hydrogen) atoms. The van der Waals surface area contributed by atoms with E-state index < -0.39 is 9.84 Å². The van der Waals surface area contributed by atoms with Crippen molar-refractivity contribution >= 4 is 31.6 Å². The van der Waals surface area contributed by atoms with E-state index in [2.05, 4.69) is 59.2 Å². The van der Waals surface area contributed by atoms with Gasteiger partial charge in [-0.25, -0.2) is 23.4 Å². The summed E-state index contributed by atoms with van der Waals surface area (Å²) < 4.78 is 30.9. The fourth-order valence-electron chi connectivity index (χ4n) is 7.41. The number of fused-ring (bicyclic) bond motifs is 6. The van der Waals surface area contributed by atoms with Gasteiger partial charge in [0.05, 0.1) is 20.8 Å². The minimum absolute atomic E-state index is 0.251. The summed E-state index contributed by atoms with van der Waals surface area (Å²) in [5.74, 6) is 1.45. The second-order valence-electron chi connectivity index (χ2n) is 12.9. The molecule has 2 aromatic heterocycles. The van der Waals surface area contributed by atoms with Crippen molar-refractivity contribution in [3.05, 3.63) is 170 Å². The van der Waals surface area contributed by atoms with Crippen molar-refractivity contribution < 1.29 is 8.42 Å². The quantitative estimate of drug-likeness (QED) is 0.180. The van der Waals surface area contributed by atoms with E-state index in [1.54, 1.807) is 12.1 Å². The van der Waals surface area contributed by atoms with Crippen LogP contribution < -0.4 is 0 Å². The number of para-hydroxylation sites is 2. The predicted molar refractivity (Wildman–Crippen MR) is 207 cm³/mol. The largest absolute Gasteiger partial charge is 0.309 e. The van der Waals surface area contributed by atoms with Crippen molar-refractivity contribution in [1.29, 1.82) is 0 Å². The first-order valence-electron chi connectivity index (χ1n) is 17.0. The zero-order valence-corrected chi connectivity index (χ0v) is 28.5. The summed E-state index contributed by atoms with van der Waals surface area (Å²) in [4.78, 5) is 15.2. The van der Waals surface area contributed by atoms with Crippen LogP contribution in [0.25, 0.3) is 83.9 Å². The van der Waals surface area contributed by atoms with E-state index in [4.69, 9.17) is 15.0 Å². The molecule has 0 N–H and O–H groups in total. The number of rotatable bonds is 5. The lowest BCUT2D eigenvalue weighted by Gasteiger charge is -2.11. The van der Waals surface area contributed by atoms with Crippen molar-refractivity contribution in [3.63, 3.8) is 0 Å². The topological polar surface area (TPSA) is 77.7 Å². The van der Waals surface area contributed by atoms with Gasteiger partial charge in [-0.15, -0.1) is 0 Å². The van der Waals surface area contributed by atoms with Gasteiger partial charge in [-0.2, -0.15) is 0 Å². The van der Waals surface area contributed by atoms with Gasteiger partial charge in [0.25, 0.3) is 0 Å². The fourth-order valence-corrected chi connectivity index (χ4v) is 9.13. The zero-order chi connectivity index (χ0) is 34.8. The summed E-state index contributed by atoms with van der Waals surface area (Å²) in [6, 6.07) is 55.7. The highest BCUT2D eigenvalue weighted by molar-refractivity contribution is 7.92. The van der Waals surface area contributed by atoms with Crippen LogP contribution in [0.2, 0.25) is 0 Å². The molecule has 0 atom stereocenters. The maximum absolute atomic E-state index is 14.3. The van der Waals surface area contributed by atoms with E-state index in [-0.39, 0.29) is 9.79 Å². The Hall–Kier alpha value is -6.70. The molecule has 6 nitrogen and oxygen atoms in total. The van der Waals surface area contributed by atoms with E-state index in [0.717, 1.165) is 49.7 Å². The van der Waals surface area contributed by atoms with Gasteiger partial charge in [0.15, 0.2) is 17.5 Å². The molecule has 0 radical (unpaired) electrons. The van der Waals surface area contributed by atoms with Crippen LogP contribution in [0.4, 0.5) is 0 Å². The number of hydrogen-bond donors (Lipinski definition) is 0. The molecule has 0 saturated carbocycles. The third-order valence-electron chi connectivity index (χ3n) is 9.82. The molecular weight excluding hydrogens is 661 g/mol. The van der Waals surface area contributed by atoms with Crippen LogP contribution >= 0.6 is 0 Å². The summed E-state index contributed by atoms with van der Waals surface area (Å²) in [6.45, 7) is 0. The second-order valence-corrected chi connectivity index (χ2v) is 14.7. The van der Waals surface area contributed by atoms with Gasteiger partial charge in [-0.3, -0.25) is 0 Å². The number of aromatic nitrogens is 4. The highest BCUT2D eigenvalue weighted by atomic mass is 32.2. The van der Waals surface area contributed by atoms with Gasteiger partial charge >= 0.3 is 0 Å². The Morgan fingerprint density at radius 1 is 0.404 bits per heavy atom. The van der Waals surface area contributed by atoms with Gasteiger partial charge in [0, 0.05) is 44.3 Å². The number of benzene rings is 7. The molecule has 3 heterocycles. The first kappa shape index (κ1) is 30.2. The Kier molecular flexibility index (Phi) is 6.78. The summed E-state index contributed by atoms with van der Waals surface area (Å²) in [6.07, 6.45) is 0. The third-order valence-corrected chi connectivity index (χ3v) is 11.7. The van der Waals surface area contributed by atoms with Gasteiger partial charge in [0.2, 0.25) is 9.84 Å². The van der Waals surface area contributed by atoms with Crippen molar-refractivity contribution in [1.82, 2.24) is 19.5 Å². The SMILES string of the molecule is O=S1(=O)c2cc(-c3ccc4c(c3)c3ccccc3n4-c3ccccc3)ccc2-c2c(-c3nc(-c4ccccc4)nc(-c4ccccc4)n3)cccc21. The molecule has 9 aromatic rings. The Labute approximate surface area is 300 Å². The smallest absolute Gasteiger partial charge is 0.207 e. The molecule has 0 aliphatic carbocycles. The molecular formula is C45H28N4O2S. The van der Waals surface area contributed by atoms with E-state index in [1.807, 2.05) is 103 Å². The van der Waals surface area contributed by atoms with Crippen LogP contribution in [0.1, 0.15) is 0 Å². The number of sulfone groups is 1. The first-order chi connectivity index (χ1) is 25.5. The highest BCUT2D eigenvalue weighted by Gasteiger charge is 2.36. The molecule has 10 rings (SSSR count). The van der Waals surface area contributed by atoms with Gasteiger partial charge < -0.3 is 4.57 Å². The molecule has 7 heteroatoms. The van der Waals surface area contributed by atoms with Crippen molar-refractivity contribution in [2.75, 3.05) is 0 Å². The Balaban J connectivity index is 1.13. The molecule has 246 valence electrons. The van der Waals surface area contributed by atoms with Crippen molar-refractivity contribution in [2.24, 2.45) is 0 Å². The van der Waals surface area contributed by atoms with Crippen LogP contribution in [-0.2, 0) is 9.84 Å². The number of nitrogens with zero attached hydrogens (tertiary/aromatic N) is 4. The summed E-state index contributed by atoms with van der Waals surface area (Å²) >= 11 is 0. The lowest BCUT2D eigenvalue weighted by Crippen LogP contribution is -2.01. The maximum atomic E-state index is 14.3. The van der Waals surface area contributed by atoms with Crippen LogP contribution in [0.5, 0.6) is 0 Å². The zero-order valence-electron chi connectivity index (χ0n) is 27.7. The van der Waals surface area contributed by atoms with Crippen molar-refractivity contribution in [3.8, 4) is 62.1 Å². The summed E-state index contributed by atoms with van der Waals surface area (Å²) in [7, 11) is -3.83. The second kappa shape index (κ2) is 11.7. The fraction of sp³-hybridized carbons (Fsp3) is 0. The normalized spacial score (nSPS) is 12.9. The molecule has 0 saturated heterocycles. The molecule has 7 aromatic carbocycles. The third kappa shape index (κ3) is 4.71. The minimum Gasteiger partial charge on any atom is -0.309 e. The first-order valence-corrected chi connectivity index (χ1v) is 18.5. The Bertz CT molecular complexity index is 2900. The summed E-state index contributed by atoms with van der Waals surface area (Å²) in [5.41, 5.74) is 8.63. The average Bonchev–Trinajstić information content (AvgIpc) is 3.66. The molecule has 0 unspecified atom stereocenters. The van der Waals surface area contributed by atoms with Gasteiger partial charge in [-0.05, 0) is 53.6 Å². The predicted octanol–water partition coefficient (Wildman–Crippen LogP) is 10.4. The molecule has 0 amide bonds. The van der Waals surface area contributed by atoms with E-state index >= 15 is 0 Å². The van der Waals surface area contributed by atoms with E-state index in [1.165, 1.54) is 0 Å². The summed E-state index contributed by atoms with van der Waals surface area (Å²) in [5, 5.41) is 2.24.